The van der Waals surface area contributed by atoms with E-state index in [4.69, 9.17) is 11.6 Å². The van der Waals surface area contributed by atoms with Crippen molar-refractivity contribution >= 4 is 20.0 Å². The predicted octanol–water partition coefficient (Wildman–Crippen LogP) is 0.270. The van der Waals surface area contributed by atoms with Crippen molar-refractivity contribution < 1.29 is 16.8 Å². The molecule has 3 N–H and O–H groups in total. The molecule has 1 aromatic rings. The Morgan fingerprint density at radius 1 is 1.10 bits per heavy atom. The highest BCUT2D eigenvalue weighted by Crippen LogP contribution is 2.14. The van der Waals surface area contributed by atoms with Gasteiger partial charge in [-0.25, -0.2) is 22.0 Å². The van der Waals surface area contributed by atoms with Gasteiger partial charge in [-0.05, 0) is 30.2 Å². The second-order valence-corrected chi connectivity index (χ2v) is 7.80. The summed E-state index contributed by atoms with van der Waals surface area (Å²) in [6.07, 6.45) is 5.27. The fraction of sp³-hybridized carbons (Fsp3) is 0.333. The van der Waals surface area contributed by atoms with Crippen molar-refractivity contribution in [2.75, 3.05) is 0 Å². The summed E-state index contributed by atoms with van der Waals surface area (Å²) in [5.41, 5.74) is 0. The van der Waals surface area contributed by atoms with Crippen molar-refractivity contribution in [3.05, 3.63) is 24.3 Å². The van der Waals surface area contributed by atoms with E-state index in [2.05, 4.69) is 10.6 Å². The van der Waals surface area contributed by atoms with Crippen LogP contribution in [0, 0.1) is 18.3 Å². The third kappa shape index (κ3) is 4.05. The molecule has 0 amide bonds. The number of primary sulfonamides is 1. The number of terminal acetylenes is 1. The van der Waals surface area contributed by atoms with Crippen molar-refractivity contribution in [3.63, 3.8) is 0 Å². The fourth-order valence-corrected chi connectivity index (χ4v) is 3.23. The Morgan fingerprint density at radius 2 is 1.55 bits per heavy atom. The first-order valence-corrected chi connectivity index (χ1v) is 8.72. The summed E-state index contributed by atoms with van der Waals surface area (Å²) in [7, 11) is -7.66. The highest BCUT2D eigenvalue weighted by molar-refractivity contribution is 7.89. The molecule has 1 unspecified atom stereocenters. The maximum atomic E-state index is 12.1. The van der Waals surface area contributed by atoms with Gasteiger partial charge in [0.25, 0.3) is 0 Å². The Balaban J connectivity index is 3.09. The van der Waals surface area contributed by atoms with Crippen LogP contribution in [0.4, 0.5) is 0 Å². The summed E-state index contributed by atoms with van der Waals surface area (Å²) in [4.78, 5) is -0.236. The van der Waals surface area contributed by atoms with Gasteiger partial charge in [0.2, 0.25) is 20.0 Å². The minimum Gasteiger partial charge on any atom is -0.225 e. The Hall–Kier alpha value is -1.40. The summed E-state index contributed by atoms with van der Waals surface area (Å²) >= 11 is 0. The molecule has 0 saturated carbocycles. The summed E-state index contributed by atoms with van der Waals surface area (Å²) in [6.45, 7) is 3.58. The number of rotatable bonds is 5. The van der Waals surface area contributed by atoms with Crippen LogP contribution in [0.15, 0.2) is 34.1 Å². The first-order valence-electron chi connectivity index (χ1n) is 5.69. The molecule has 0 aliphatic rings. The first kappa shape index (κ1) is 16.7. The molecule has 0 aromatic heterocycles. The highest BCUT2D eigenvalue weighted by atomic mass is 32.2. The van der Waals surface area contributed by atoms with Gasteiger partial charge >= 0.3 is 0 Å². The van der Waals surface area contributed by atoms with E-state index in [0.29, 0.717) is 0 Å². The monoisotopic (exact) mass is 316 g/mol. The average molecular weight is 316 g/mol. The maximum Gasteiger partial charge on any atom is 0.241 e. The topological polar surface area (TPSA) is 106 Å². The Kier molecular flexibility index (Phi) is 4.94. The molecule has 0 aliphatic heterocycles. The lowest BCUT2D eigenvalue weighted by Crippen LogP contribution is -2.37. The van der Waals surface area contributed by atoms with Crippen molar-refractivity contribution in [1.29, 1.82) is 0 Å². The van der Waals surface area contributed by atoms with Crippen molar-refractivity contribution in [3.8, 4) is 12.3 Å². The molecule has 8 heteroatoms. The van der Waals surface area contributed by atoms with E-state index in [1.54, 1.807) is 13.8 Å². The van der Waals surface area contributed by atoms with Crippen molar-refractivity contribution in [2.45, 2.75) is 29.7 Å². The molecular formula is C12H16N2O4S2. The zero-order valence-corrected chi connectivity index (χ0v) is 12.7. The lowest BCUT2D eigenvalue weighted by molar-refractivity contribution is 0.518. The third-order valence-electron chi connectivity index (χ3n) is 2.59. The second-order valence-electron chi connectivity index (χ2n) is 4.53. The number of benzene rings is 1. The van der Waals surface area contributed by atoms with E-state index in [1.807, 2.05) is 0 Å². The van der Waals surface area contributed by atoms with Crippen molar-refractivity contribution in [1.82, 2.24) is 4.72 Å². The third-order valence-corrected chi connectivity index (χ3v) is 4.98. The van der Waals surface area contributed by atoms with Gasteiger partial charge in [-0.2, -0.15) is 4.72 Å². The molecule has 1 atom stereocenters. The molecule has 0 radical (unpaired) electrons. The molecular weight excluding hydrogens is 300 g/mol. The fourth-order valence-electron chi connectivity index (χ4n) is 1.41. The Labute approximate surface area is 119 Å². The van der Waals surface area contributed by atoms with Gasteiger partial charge in [-0.15, -0.1) is 6.42 Å². The molecule has 0 spiro atoms. The predicted molar refractivity (Wildman–Crippen MR) is 75.6 cm³/mol. The minimum absolute atomic E-state index is 0.0709. The molecule has 0 bridgehead atoms. The molecule has 0 heterocycles. The molecule has 110 valence electrons. The quantitative estimate of drug-likeness (QED) is 0.760. The normalized spacial score (nSPS) is 13.9. The van der Waals surface area contributed by atoms with Crippen LogP contribution in [0.5, 0.6) is 0 Å². The van der Waals surface area contributed by atoms with Gasteiger partial charge in [0.05, 0.1) is 15.8 Å². The van der Waals surface area contributed by atoms with Gasteiger partial charge in [-0.3, -0.25) is 0 Å². The van der Waals surface area contributed by atoms with Gasteiger partial charge in [-0.1, -0.05) is 19.8 Å². The number of nitrogens with one attached hydrogen (secondary N) is 1. The SMILES string of the molecule is C#CC(NS(=O)(=O)c1ccc(S(N)(=O)=O)cc1)C(C)C. The molecule has 6 nitrogen and oxygen atoms in total. The molecule has 1 aromatic carbocycles. The van der Waals surface area contributed by atoms with Crippen LogP contribution in [0.2, 0.25) is 0 Å². The molecule has 0 aliphatic carbocycles. The number of sulfonamides is 2. The van der Waals surface area contributed by atoms with E-state index in [-0.39, 0.29) is 15.7 Å². The van der Waals surface area contributed by atoms with E-state index in [0.717, 1.165) is 24.3 Å². The average Bonchev–Trinajstić information content (AvgIpc) is 2.35. The zero-order valence-electron chi connectivity index (χ0n) is 11.1. The Morgan fingerprint density at radius 3 is 1.90 bits per heavy atom. The summed E-state index contributed by atoms with van der Waals surface area (Å²) < 4.78 is 48.7. The smallest absolute Gasteiger partial charge is 0.225 e. The highest BCUT2D eigenvalue weighted by Gasteiger charge is 2.21. The van der Waals surface area contributed by atoms with Crippen LogP contribution < -0.4 is 9.86 Å². The van der Waals surface area contributed by atoms with Crippen LogP contribution in [-0.2, 0) is 20.0 Å². The standard InChI is InChI=1S/C12H16N2O4S2/c1-4-12(9(2)3)14-20(17,18)11-7-5-10(6-8-11)19(13,15)16/h1,5-9,12,14H,2-3H3,(H2,13,15,16). The summed E-state index contributed by atoms with van der Waals surface area (Å²) in [6, 6.07) is 3.94. The minimum atomic E-state index is -3.85. The number of nitrogens with two attached hydrogens (primary N) is 1. The molecule has 20 heavy (non-hydrogen) atoms. The molecule has 0 fully saturated rings. The van der Waals surface area contributed by atoms with E-state index in [1.165, 1.54) is 0 Å². The lowest BCUT2D eigenvalue weighted by atomic mass is 10.1. The van der Waals surface area contributed by atoms with Crippen LogP contribution in [0.25, 0.3) is 0 Å². The Bertz CT molecular complexity index is 714. The van der Waals surface area contributed by atoms with Gasteiger partial charge in [0, 0.05) is 0 Å². The van der Waals surface area contributed by atoms with Crippen molar-refractivity contribution in [2.24, 2.45) is 11.1 Å². The van der Waals surface area contributed by atoms with Crippen LogP contribution >= 0.6 is 0 Å². The summed E-state index contributed by atoms with van der Waals surface area (Å²) in [5, 5.41) is 4.94. The van der Waals surface area contributed by atoms with Crippen LogP contribution in [0.1, 0.15) is 13.8 Å². The maximum absolute atomic E-state index is 12.1. The van der Waals surface area contributed by atoms with Crippen LogP contribution in [0.3, 0.4) is 0 Å². The van der Waals surface area contributed by atoms with E-state index >= 15 is 0 Å². The second kappa shape index (κ2) is 5.93. The number of hydrogen-bond acceptors (Lipinski definition) is 4. The molecule has 1 rings (SSSR count). The van der Waals surface area contributed by atoms with Gasteiger partial charge < -0.3 is 0 Å². The number of hydrogen-bond donors (Lipinski definition) is 2. The van der Waals surface area contributed by atoms with Crippen LogP contribution in [-0.4, -0.2) is 22.9 Å². The molecule has 0 saturated heterocycles. The van der Waals surface area contributed by atoms with Gasteiger partial charge in [0.15, 0.2) is 0 Å². The zero-order chi connectivity index (χ0) is 15.6. The first-order chi connectivity index (χ1) is 9.08. The summed E-state index contributed by atoms with van der Waals surface area (Å²) in [5.74, 6) is 2.29. The lowest BCUT2D eigenvalue weighted by Gasteiger charge is -2.16. The van der Waals surface area contributed by atoms with Gasteiger partial charge in [0.1, 0.15) is 0 Å². The van der Waals surface area contributed by atoms with E-state index in [9.17, 15) is 16.8 Å². The largest absolute Gasteiger partial charge is 0.241 e. The van der Waals surface area contributed by atoms with E-state index < -0.39 is 26.1 Å².